The highest BCUT2D eigenvalue weighted by Gasteiger charge is 2.32. The second-order valence-electron chi connectivity index (χ2n) is 6.52. The first-order chi connectivity index (χ1) is 12.5. The molecule has 6 heteroatoms. The van der Waals surface area contributed by atoms with E-state index in [4.69, 9.17) is 4.74 Å². The SMILES string of the molecule is COc1ccc(Br)cc1C(c1cccc(F)c1)N1CCCC(C(=O)O)C1. The van der Waals surface area contributed by atoms with Crippen LogP contribution in [0.2, 0.25) is 0 Å². The van der Waals surface area contributed by atoms with Crippen LogP contribution in [0.3, 0.4) is 0 Å². The fraction of sp³-hybridized carbons (Fsp3) is 0.350. The van der Waals surface area contributed by atoms with E-state index < -0.39 is 11.9 Å². The van der Waals surface area contributed by atoms with Crippen molar-refractivity contribution in [3.8, 4) is 5.75 Å². The average Bonchev–Trinajstić information content (AvgIpc) is 2.62. The topological polar surface area (TPSA) is 49.8 Å². The van der Waals surface area contributed by atoms with E-state index in [-0.39, 0.29) is 11.9 Å². The summed E-state index contributed by atoms with van der Waals surface area (Å²) in [5, 5.41) is 9.45. The van der Waals surface area contributed by atoms with Crippen molar-refractivity contribution >= 4 is 21.9 Å². The average molecular weight is 422 g/mol. The van der Waals surface area contributed by atoms with Crippen molar-refractivity contribution in [3.63, 3.8) is 0 Å². The van der Waals surface area contributed by atoms with Gasteiger partial charge in [-0.1, -0.05) is 28.1 Å². The van der Waals surface area contributed by atoms with E-state index in [0.29, 0.717) is 18.7 Å². The van der Waals surface area contributed by atoms with Gasteiger partial charge in [0.2, 0.25) is 0 Å². The lowest BCUT2D eigenvalue weighted by molar-refractivity contribution is -0.143. The molecule has 1 aliphatic rings. The molecule has 1 fully saturated rings. The molecule has 0 aromatic heterocycles. The van der Waals surface area contributed by atoms with Crippen molar-refractivity contribution in [2.75, 3.05) is 20.2 Å². The summed E-state index contributed by atoms with van der Waals surface area (Å²) in [7, 11) is 1.60. The number of likely N-dealkylation sites (tertiary alicyclic amines) is 1. The summed E-state index contributed by atoms with van der Waals surface area (Å²) in [5.41, 5.74) is 1.67. The predicted octanol–water partition coefficient (Wildman–Crippen LogP) is 4.48. The van der Waals surface area contributed by atoms with Crippen LogP contribution in [0.25, 0.3) is 0 Å². The predicted molar refractivity (Wildman–Crippen MR) is 101 cm³/mol. The summed E-state index contributed by atoms with van der Waals surface area (Å²) in [6.45, 7) is 1.17. The molecule has 0 spiro atoms. The first-order valence-corrected chi connectivity index (χ1v) is 9.34. The number of halogens is 2. The van der Waals surface area contributed by atoms with Gasteiger partial charge in [0.1, 0.15) is 11.6 Å². The van der Waals surface area contributed by atoms with Gasteiger partial charge in [-0.15, -0.1) is 0 Å². The van der Waals surface area contributed by atoms with E-state index in [0.717, 1.165) is 28.6 Å². The normalized spacial score (nSPS) is 19.1. The van der Waals surface area contributed by atoms with E-state index in [9.17, 15) is 14.3 Å². The van der Waals surface area contributed by atoms with Gasteiger partial charge >= 0.3 is 5.97 Å². The minimum absolute atomic E-state index is 0.278. The molecule has 0 amide bonds. The molecule has 1 saturated heterocycles. The number of ether oxygens (including phenoxy) is 1. The van der Waals surface area contributed by atoms with Crippen LogP contribution >= 0.6 is 15.9 Å². The number of benzene rings is 2. The second kappa shape index (κ2) is 8.18. The Morgan fingerprint density at radius 1 is 1.35 bits per heavy atom. The lowest BCUT2D eigenvalue weighted by atomic mass is 9.91. The maximum Gasteiger partial charge on any atom is 0.307 e. The zero-order valence-electron chi connectivity index (χ0n) is 14.5. The summed E-state index contributed by atoms with van der Waals surface area (Å²) in [4.78, 5) is 13.6. The first kappa shape index (κ1) is 18.9. The van der Waals surface area contributed by atoms with Crippen LogP contribution in [0.15, 0.2) is 46.9 Å². The Kier molecular flexibility index (Phi) is 5.94. The van der Waals surface area contributed by atoms with Crippen molar-refractivity contribution in [2.24, 2.45) is 5.92 Å². The van der Waals surface area contributed by atoms with Crippen LogP contribution in [0, 0.1) is 11.7 Å². The quantitative estimate of drug-likeness (QED) is 0.772. The molecule has 3 rings (SSSR count). The van der Waals surface area contributed by atoms with Gasteiger partial charge in [-0.2, -0.15) is 0 Å². The van der Waals surface area contributed by atoms with Crippen LogP contribution in [-0.2, 0) is 4.79 Å². The zero-order valence-corrected chi connectivity index (χ0v) is 16.1. The summed E-state index contributed by atoms with van der Waals surface area (Å²) in [6.07, 6.45) is 1.45. The smallest absolute Gasteiger partial charge is 0.307 e. The number of carboxylic acids is 1. The van der Waals surface area contributed by atoms with Crippen LogP contribution in [0.4, 0.5) is 4.39 Å². The standard InChI is InChI=1S/C20H21BrFNO3/c1-26-18-8-7-15(21)11-17(18)19(13-4-2-6-16(22)10-13)23-9-3-5-14(12-23)20(24)25/h2,4,6-8,10-11,14,19H,3,5,9,12H2,1H3,(H,24,25). The highest BCUT2D eigenvalue weighted by atomic mass is 79.9. The molecular weight excluding hydrogens is 401 g/mol. The van der Waals surface area contributed by atoms with E-state index >= 15 is 0 Å². The molecule has 26 heavy (non-hydrogen) atoms. The number of piperidine rings is 1. The van der Waals surface area contributed by atoms with Gasteiger partial charge < -0.3 is 9.84 Å². The van der Waals surface area contributed by atoms with Crippen molar-refractivity contribution < 1.29 is 19.0 Å². The van der Waals surface area contributed by atoms with Crippen molar-refractivity contribution in [1.82, 2.24) is 4.90 Å². The van der Waals surface area contributed by atoms with Gasteiger partial charge in [-0.05, 0) is 55.3 Å². The molecule has 0 saturated carbocycles. The van der Waals surface area contributed by atoms with Crippen LogP contribution < -0.4 is 4.74 Å². The van der Waals surface area contributed by atoms with Gasteiger partial charge in [0.25, 0.3) is 0 Å². The molecule has 138 valence electrons. The van der Waals surface area contributed by atoms with Gasteiger partial charge in [-0.25, -0.2) is 4.39 Å². The minimum atomic E-state index is -0.783. The molecule has 1 aliphatic heterocycles. The van der Waals surface area contributed by atoms with Gasteiger partial charge in [0, 0.05) is 16.6 Å². The number of hydrogen-bond donors (Lipinski definition) is 1. The number of hydrogen-bond acceptors (Lipinski definition) is 3. The second-order valence-corrected chi connectivity index (χ2v) is 7.43. The fourth-order valence-corrected chi connectivity index (χ4v) is 4.00. The van der Waals surface area contributed by atoms with E-state index in [1.54, 1.807) is 13.2 Å². The Hall–Kier alpha value is -1.92. The van der Waals surface area contributed by atoms with Gasteiger partial charge in [-0.3, -0.25) is 9.69 Å². The van der Waals surface area contributed by atoms with E-state index in [1.807, 2.05) is 24.3 Å². The molecule has 0 bridgehead atoms. The highest BCUT2D eigenvalue weighted by molar-refractivity contribution is 9.10. The number of carboxylic acid groups (broad SMARTS) is 1. The van der Waals surface area contributed by atoms with Crippen LogP contribution in [0.1, 0.15) is 30.0 Å². The zero-order chi connectivity index (χ0) is 18.7. The third kappa shape index (κ3) is 4.07. The molecule has 2 aromatic rings. The Morgan fingerprint density at radius 3 is 2.85 bits per heavy atom. The maximum absolute atomic E-state index is 13.9. The van der Waals surface area contributed by atoms with Crippen LogP contribution in [0.5, 0.6) is 5.75 Å². The Labute approximate surface area is 160 Å². The lowest BCUT2D eigenvalue weighted by Crippen LogP contribution is -2.41. The molecule has 1 N–H and O–H groups in total. The van der Waals surface area contributed by atoms with Crippen molar-refractivity contribution in [2.45, 2.75) is 18.9 Å². The number of methoxy groups -OCH3 is 1. The van der Waals surface area contributed by atoms with E-state index in [1.165, 1.54) is 12.1 Å². The Balaban J connectivity index is 2.08. The lowest BCUT2D eigenvalue weighted by Gasteiger charge is -2.38. The summed E-state index contributed by atoms with van der Waals surface area (Å²) in [6, 6.07) is 11.9. The number of aliphatic carboxylic acids is 1. The molecule has 0 radical (unpaired) electrons. The van der Waals surface area contributed by atoms with Gasteiger partial charge in [0.15, 0.2) is 0 Å². The molecular formula is C20H21BrFNO3. The summed E-state index contributed by atoms with van der Waals surface area (Å²) < 4.78 is 20.4. The largest absolute Gasteiger partial charge is 0.496 e. The number of carbonyl (C=O) groups is 1. The van der Waals surface area contributed by atoms with Crippen LogP contribution in [-0.4, -0.2) is 36.2 Å². The Morgan fingerprint density at radius 2 is 2.15 bits per heavy atom. The summed E-state index contributed by atoms with van der Waals surface area (Å²) >= 11 is 3.50. The molecule has 2 unspecified atom stereocenters. The first-order valence-electron chi connectivity index (χ1n) is 8.55. The monoisotopic (exact) mass is 421 g/mol. The van der Waals surface area contributed by atoms with E-state index in [2.05, 4.69) is 20.8 Å². The van der Waals surface area contributed by atoms with Crippen molar-refractivity contribution in [3.05, 3.63) is 63.9 Å². The van der Waals surface area contributed by atoms with Gasteiger partial charge in [0.05, 0.1) is 19.1 Å². The van der Waals surface area contributed by atoms with Crippen molar-refractivity contribution in [1.29, 1.82) is 0 Å². The highest BCUT2D eigenvalue weighted by Crippen LogP contribution is 2.38. The maximum atomic E-state index is 13.9. The third-order valence-electron chi connectivity index (χ3n) is 4.82. The molecule has 4 nitrogen and oxygen atoms in total. The summed E-state index contributed by atoms with van der Waals surface area (Å²) in [5.74, 6) is -0.819. The fourth-order valence-electron chi connectivity index (χ4n) is 3.63. The number of nitrogens with zero attached hydrogens (tertiary/aromatic N) is 1. The minimum Gasteiger partial charge on any atom is -0.496 e. The third-order valence-corrected chi connectivity index (χ3v) is 5.31. The molecule has 0 aliphatic carbocycles. The molecule has 1 heterocycles. The molecule has 2 atom stereocenters. The number of rotatable bonds is 5. The molecule has 2 aromatic carbocycles. The Bertz CT molecular complexity index is 798.